The van der Waals surface area contributed by atoms with E-state index in [0.717, 1.165) is 26.1 Å². The van der Waals surface area contributed by atoms with E-state index >= 15 is 0 Å². The van der Waals surface area contributed by atoms with Crippen LogP contribution in [0.3, 0.4) is 0 Å². The molecular weight excluding hydrogens is 220 g/mol. The molecule has 3 nitrogen and oxygen atoms in total. The minimum atomic E-state index is 0.192. The van der Waals surface area contributed by atoms with Gasteiger partial charge >= 0.3 is 0 Å². The molecule has 16 heavy (non-hydrogen) atoms. The molecule has 0 amide bonds. The number of hydrogen-bond acceptors (Lipinski definition) is 4. The van der Waals surface area contributed by atoms with E-state index in [0.29, 0.717) is 6.54 Å². The highest BCUT2D eigenvalue weighted by Gasteiger charge is 2.09. The summed E-state index contributed by atoms with van der Waals surface area (Å²) in [5.41, 5.74) is 5.61. The van der Waals surface area contributed by atoms with Crippen molar-refractivity contribution in [3.63, 3.8) is 0 Å². The number of hydrogen-bond donors (Lipinski definition) is 1. The molecule has 0 fully saturated rings. The fourth-order valence-electron chi connectivity index (χ4n) is 1.63. The first-order valence-electron chi connectivity index (χ1n) is 5.77. The van der Waals surface area contributed by atoms with Gasteiger partial charge in [-0.25, -0.2) is 0 Å². The highest BCUT2D eigenvalue weighted by Crippen LogP contribution is 2.12. The monoisotopic (exact) mass is 242 g/mol. The van der Waals surface area contributed by atoms with Gasteiger partial charge in [0.15, 0.2) is 0 Å². The highest BCUT2D eigenvalue weighted by molar-refractivity contribution is 7.09. The molecule has 92 valence electrons. The minimum absolute atomic E-state index is 0.192. The molecule has 0 aliphatic carbocycles. The zero-order valence-electron chi connectivity index (χ0n) is 10.2. The van der Waals surface area contributed by atoms with Crippen LogP contribution in [0.5, 0.6) is 0 Å². The maximum atomic E-state index is 5.61. The number of nitrogens with two attached hydrogens (primary N) is 1. The molecule has 0 aliphatic heterocycles. The van der Waals surface area contributed by atoms with Gasteiger partial charge in [0.25, 0.3) is 0 Å². The molecule has 1 rings (SSSR count). The summed E-state index contributed by atoms with van der Waals surface area (Å²) in [6.45, 7) is 5.95. The van der Waals surface area contributed by atoms with Gasteiger partial charge in [0.2, 0.25) is 0 Å². The SMILES string of the molecule is CCN(CCC(CN)OC)Cc1cccs1. The van der Waals surface area contributed by atoms with Crippen LogP contribution in [0.2, 0.25) is 0 Å². The summed E-state index contributed by atoms with van der Waals surface area (Å²) < 4.78 is 5.28. The summed E-state index contributed by atoms with van der Waals surface area (Å²) in [4.78, 5) is 3.84. The molecule has 0 saturated carbocycles. The van der Waals surface area contributed by atoms with E-state index in [1.807, 2.05) is 11.3 Å². The number of nitrogens with zero attached hydrogens (tertiary/aromatic N) is 1. The first-order chi connectivity index (χ1) is 7.80. The Kier molecular flexibility index (Phi) is 6.64. The van der Waals surface area contributed by atoms with Crippen molar-refractivity contribution in [1.29, 1.82) is 0 Å². The quantitative estimate of drug-likeness (QED) is 0.757. The Morgan fingerprint density at radius 2 is 2.38 bits per heavy atom. The Balaban J connectivity index is 2.31. The molecule has 0 aromatic carbocycles. The third-order valence-corrected chi connectivity index (χ3v) is 3.63. The van der Waals surface area contributed by atoms with Crippen molar-refractivity contribution < 1.29 is 4.74 Å². The molecule has 1 aromatic rings. The number of ether oxygens (including phenoxy) is 1. The van der Waals surface area contributed by atoms with E-state index in [1.165, 1.54) is 4.88 Å². The van der Waals surface area contributed by atoms with Gasteiger partial charge in [0, 0.05) is 31.6 Å². The average molecular weight is 242 g/mol. The van der Waals surface area contributed by atoms with Crippen molar-refractivity contribution in [2.75, 3.05) is 26.7 Å². The normalized spacial score (nSPS) is 13.2. The molecule has 4 heteroatoms. The number of thiophene rings is 1. The Bertz CT molecular complexity index is 260. The second kappa shape index (κ2) is 7.79. The van der Waals surface area contributed by atoms with Crippen LogP contribution in [-0.2, 0) is 11.3 Å². The summed E-state index contributed by atoms with van der Waals surface area (Å²) in [7, 11) is 1.73. The van der Waals surface area contributed by atoms with Gasteiger partial charge in [-0.3, -0.25) is 4.90 Å². The molecule has 0 radical (unpaired) electrons. The van der Waals surface area contributed by atoms with Gasteiger partial charge in [0.05, 0.1) is 6.10 Å². The van der Waals surface area contributed by atoms with Gasteiger partial charge in [-0.15, -0.1) is 11.3 Å². The fraction of sp³-hybridized carbons (Fsp3) is 0.667. The lowest BCUT2D eigenvalue weighted by Gasteiger charge is -2.22. The standard InChI is InChI=1S/C12H22N2OS/c1-3-14(7-6-11(9-13)15-2)10-12-5-4-8-16-12/h4-5,8,11H,3,6-7,9-10,13H2,1-2H3. The summed E-state index contributed by atoms with van der Waals surface area (Å²) in [5, 5.41) is 2.13. The Hall–Kier alpha value is -0.420. The van der Waals surface area contributed by atoms with Crippen LogP contribution >= 0.6 is 11.3 Å². The van der Waals surface area contributed by atoms with Crippen LogP contribution in [0.15, 0.2) is 17.5 Å². The van der Waals surface area contributed by atoms with Crippen LogP contribution in [0.1, 0.15) is 18.2 Å². The molecule has 0 spiro atoms. The lowest BCUT2D eigenvalue weighted by Crippen LogP contribution is -2.30. The van der Waals surface area contributed by atoms with E-state index in [2.05, 4.69) is 29.3 Å². The predicted octanol–water partition coefficient (Wildman–Crippen LogP) is 1.93. The molecule has 0 aliphatic rings. The third kappa shape index (κ3) is 4.61. The third-order valence-electron chi connectivity index (χ3n) is 2.77. The van der Waals surface area contributed by atoms with Crippen LogP contribution in [0.4, 0.5) is 0 Å². The lowest BCUT2D eigenvalue weighted by atomic mass is 10.2. The Morgan fingerprint density at radius 3 is 2.88 bits per heavy atom. The molecule has 1 heterocycles. The van der Waals surface area contributed by atoms with E-state index in [4.69, 9.17) is 10.5 Å². The zero-order valence-corrected chi connectivity index (χ0v) is 11.0. The van der Waals surface area contributed by atoms with E-state index in [9.17, 15) is 0 Å². The van der Waals surface area contributed by atoms with Crippen LogP contribution in [-0.4, -0.2) is 37.7 Å². The fourth-order valence-corrected chi connectivity index (χ4v) is 2.38. The van der Waals surface area contributed by atoms with Crippen molar-refractivity contribution >= 4 is 11.3 Å². The summed E-state index contributed by atoms with van der Waals surface area (Å²) >= 11 is 1.81. The lowest BCUT2D eigenvalue weighted by molar-refractivity contribution is 0.0892. The van der Waals surface area contributed by atoms with Crippen molar-refractivity contribution in [1.82, 2.24) is 4.90 Å². The topological polar surface area (TPSA) is 38.5 Å². The maximum absolute atomic E-state index is 5.61. The summed E-state index contributed by atoms with van der Waals surface area (Å²) in [6, 6.07) is 4.29. The maximum Gasteiger partial charge on any atom is 0.0705 e. The van der Waals surface area contributed by atoms with Gasteiger partial charge in [-0.05, 0) is 24.4 Å². The molecule has 1 atom stereocenters. The predicted molar refractivity (Wildman–Crippen MR) is 69.7 cm³/mol. The largest absolute Gasteiger partial charge is 0.380 e. The van der Waals surface area contributed by atoms with Crippen molar-refractivity contribution in [2.45, 2.75) is 26.0 Å². The van der Waals surface area contributed by atoms with E-state index in [1.54, 1.807) is 7.11 Å². The molecule has 0 bridgehead atoms. The first-order valence-corrected chi connectivity index (χ1v) is 6.65. The van der Waals surface area contributed by atoms with E-state index < -0.39 is 0 Å². The zero-order chi connectivity index (χ0) is 11.8. The average Bonchev–Trinajstić information content (AvgIpc) is 2.81. The molecule has 0 saturated heterocycles. The van der Waals surface area contributed by atoms with Crippen LogP contribution < -0.4 is 5.73 Å². The van der Waals surface area contributed by atoms with Crippen molar-refractivity contribution in [2.24, 2.45) is 5.73 Å². The van der Waals surface area contributed by atoms with Crippen LogP contribution in [0, 0.1) is 0 Å². The van der Waals surface area contributed by atoms with Crippen molar-refractivity contribution in [3.8, 4) is 0 Å². The Morgan fingerprint density at radius 1 is 1.56 bits per heavy atom. The number of rotatable bonds is 8. The van der Waals surface area contributed by atoms with Gasteiger partial charge in [-0.1, -0.05) is 13.0 Å². The smallest absolute Gasteiger partial charge is 0.0705 e. The van der Waals surface area contributed by atoms with Gasteiger partial charge in [-0.2, -0.15) is 0 Å². The van der Waals surface area contributed by atoms with Gasteiger partial charge < -0.3 is 10.5 Å². The summed E-state index contributed by atoms with van der Waals surface area (Å²) in [5.74, 6) is 0. The molecule has 1 aromatic heterocycles. The first kappa shape index (κ1) is 13.6. The highest BCUT2D eigenvalue weighted by atomic mass is 32.1. The molecular formula is C12H22N2OS. The van der Waals surface area contributed by atoms with Crippen molar-refractivity contribution in [3.05, 3.63) is 22.4 Å². The number of methoxy groups -OCH3 is 1. The van der Waals surface area contributed by atoms with Crippen LogP contribution in [0.25, 0.3) is 0 Å². The summed E-state index contributed by atoms with van der Waals surface area (Å²) in [6.07, 6.45) is 1.20. The van der Waals surface area contributed by atoms with Gasteiger partial charge in [0.1, 0.15) is 0 Å². The molecule has 1 unspecified atom stereocenters. The second-order valence-electron chi connectivity index (χ2n) is 3.83. The van der Waals surface area contributed by atoms with E-state index in [-0.39, 0.29) is 6.10 Å². The minimum Gasteiger partial charge on any atom is -0.380 e. The second-order valence-corrected chi connectivity index (χ2v) is 4.86. The molecule has 2 N–H and O–H groups in total. The Labute approximate surface area is 102 Å².